The molecule has 28 heavy (non-hydrogen) atoms. The number of hydrogen-bond donors (Lipinski definition) is 0. The Kier molecular flexibility index (Phi) is 4.37. The number of nitrogens with zero attached hydrogens (tertiary/aromatic N) is 5. The number of oxazole rings is 1. The molecule has 1 atom stereocenters. The van der Waals surface area contributed by atoms with Crippen molar-refractivity contribution in [1.29, 1.82) is 0 Å². The number of hydrogen-bond acceptors (Lipinski definition) is 5. The Morgan fingerprint density at radius 2 is 2.04 bits per heavy atom. The number of carbonyl (C=O) groups excluding carboxylic acids is 1. The second-order valence-corrected chi connectivity index (χ2v) is 6.77. The number of aromatic nitrogens is 4. The van der Waals surface area contributed by atoms with Gasteiger partial charge in [-0.15, -0.1) is 10.2 Å². The molecule has 0 spiro atoms. The largest absolute Gasteiger partial charge is 0.451 e. The van der Waals surface area contributed by atoms with E-state index in [1.54, 1.807) is 11.5 Å². The molecule has 0 N–H and O–H groups in total. The lowest BCUT2D eigenvalue weighted by Crippen LogP contribution is -2.46. The van der Waals surface area contributed by atoms with E-state index >= 15 is 0 Å². The average molecular weight is 412 g/mol. The molecule has 1 aliphatic rings. The van der Waals surface area contributed by atoms with Crippen molar-refractivity contribution in [3.63, 3.8) is 0 Å². The van der Waals surface area contributed by atoms with Gasteiger partial charge in [0.2, 0.25) is 5.82 Å². The Balaban J connectivity index is 1.66. The Morgan fingerprint density at radius 3 is 2.71 bits per heavy atom. The topological polar surface area (TPSA) is 77.0 Å². The molecule has 11 heteroatoms. The molecular weight excluding hydrogens is 399 g/mol. The van der Waals surface area contributed by atoms with Gasteiger partial charge in [-0.1, -0.05) is 23.7 Å². The molecule has 1 unspecified atom stereocenters. The maximum absolute atomic E-state index is 13.1. The van der Waals surface area contributed by atoms with Crippen molar-refractivity contribution in [2.24, 2.45) is 0 Å². The minimum Gasteiger partial charge on any atom is -0.451 e. The van der Waals surface area contributed by atoms with E-state index in [4.69, 9.17) is 16.0 Å². The normalized spacial score (nSPS) is 17.1. The summed E-state index contributed by atoms with van der Waals surface area (Å²) in [5, 5.41) is 7.51. The average Bonchev–Trinajstić information content (AvgIpc) is 3.28. The molecule has 7 nitrogen and oxygen atoms in total. The van der Waals surface area contributed by atoms with Crippen LogP contribution in [0.15, 0.2) is 35.3 Å². The summed E-state index contributed by atoms with van der Waals surface area (Å²) in [4.78, 5) is 18.3. The quantitative estimate of drug-likeness (QED) is 0.657. The highest BCUT2D eigenvalue weighted by Crippen LogP contribution is 2.37. The van der Waals surface area contributed by atoms with Crippen LogP contribution in [0.25, 0.3) is 11.5 Å². The smallest absolute Gasteiger partial charge is 0.417 e. The third-order valence-corrected chi connectivity index (χ3v) is 5.01. The summed E-state index contributed by atoms with van der Waals surface area (Å²) in [6.07, 6.45) is -1.94. The van der Waals surface area contributed by atoms with E-state index in [0.717, 1.165) is 6.07 Å². The first-order valence-electron chi connectivity index (χ1n) is 8.24. The van der Waals surface area contributed by atoms with Crippen LogP contribution in [0, 0.1) is 0 Å². The highest BCUT2D eigenvalue weighted by Gasteiger charge is 2.37. The van der Waals surface area contributed by atoms with Gasteiger partial charge in [0, 0.05) is 19.1 Å². The van der Waals surface area contributed by atoms with E-state index in [2.05, 4.69) is 15.2 Å². The number of halogens is 4. The van der Waals surface area contributed by atoms with Gasteiger partial charge in [0.15, 0.2) is 12.2 Å². The maximum Gasteiger partial charge on any atom is 0.417 e. The van der Waals surface area contributed by atoms with Gasteiger partial charge in [0.05, 0.1) is 10.6 Å². The van der Waals surface area contributed by atoms with Crippen molar-refractivity contribution >= 4 is 17.5 Å². The van der Waals surface area contributed by atoms with Gasteiger partial charge >= 0.3 is 6.18 Å². The van der Waals surface area contributed by atoms with Crippen molar-refractivity contribution in [2.45, 2.75) is 32.2 Å². The van der Waals surface area contributed by atoms with Crippen molar-refractivity contribution in [3.05, 3.63) is 52.8 Å². The molecule has 4 rings (SSSR count). The third kappa shape index (κ3) is 3.03. The van der Waals surface area contributed by atoms with Crippen LogP contribution in [0.1, 0.15) is 28.7 Å². The van der Waals surface area contributed by atoms with E-state index in [1.165, 1.54) is 29.7 Å². The fourth-order valence-corrected chi connectivity index (χ4v) is 3.46. The lowest BCUT2D eigenvalue weighted by atomic mass is 10.1. The summed E-state index contributed by atoms with van der Waals surface area (Å²) in [5.74, 6) is 0.0226. The van der Waals surface area contributed by atoms with Crippen LogP contribution in [0.4, 0.5) is 13.2 Å². The molecule has 2 aromatic heterocycles. The summed E-state index contributed by atoms with van der Waals surface area (Å²) >= 11 is 5.97. The summed E-state index contributed by atoms with van der Waals surface area (Å²) in [6, 6.07) is 3.33. The summed E-state index contributed by atoms with van der Waals surface area (Å²) < 4.78 is 45.8. The van der Waals surface area contributed by atoms with Gasteiger partial charge in [-0.05, 0) is 18.6 Å². The minimum atomic E-state index is -4.57. The Hall–Kier alpha value is -2.88. The fourth-order valence-electron chi connectivity index (χ4n) is 3.17. The molecule has 0 bridgehead atoms. The maximum atomic E-state index is 13.1. The lowest BCUT2D eigenvalue weighted by molar-refractivity contribution is -0.137. The second-order valence-electron chi connectivity index (χ2n) is 6.39. The van der Waals surface area contributed by atoms with Crippen LogP contribution in [0.3, 0.4) is 0 Å². The van der Waals surface area contributed by atoms with Gasteiger partial charge in [-0.3, -0.25) is 9.36 Å². The van der Waals surface area contributed by atoms with Gasteiger partial charge in [-0.2, -0.15) is 13.2 Å². The van der Waals surface area contributed by atoms with E-state index in [1.807, 2.05) is 0 Å². The fraction of sp³-hybridized carbons (Fsp3) is 0.294. The van der Waals surface area contributed by atoms with Crippen molar-refractivity contribution in [1.82, 2.24) is 24.6 Å². The number of fused-ring (bicyclic) bond motifs is 1. The number of rotatable bonds is 3. The van der Waals surface area contributed by atoms with Crippen LogP contribution in [0.5, 0.6) is 0 Å². The Labute approximate surface area is 161 Å². The standard InChI is InChI=1S/C17H13ClF3N5O2/c1-9-5-26-14(12-7-28-8-22-12)23-24-15(26)16(27)25(9)6-10-3-2-4-11(13(10)18)17(19,20)21/h2-4,7-9H,5-6H2,1H3. The first-order valence-corrected chi connectivity index (χ1v) is 8.62. The Bertz CT molecular complexity index is 1030. The molecule has 0 radical (unpaired) electrons. The first-order chi connectivity index (χ1) is 13.3. The molecule has 1 amide bonds. The molecule has 1 aliphatic heterocycles. The lowest BCUT2D eigenvalue weighted by Gasteiger charge is -2.34. The summed E-state index contributed by atoms with van der Waals surface area (Å²) in [7, 11) is 0. The third-order valence-electron chi connectivity index (χ3n) is 4.57. The van der Waals surface area contributed by atoms with Crippen LogP contribution < -0.4 is 0 Å². The molecule has 146 valence electrons. The van der Waals surface area contributed by atoms with Gasteiger partial charge in [-0.25, -0.2) is 4.98 Å². The monoisotopic (exact) mass is 411 g/mol. The number of alkyl halides is 3. The van der Waals surface area contributed by atoms with E-state index in [0.29, 0.717) is 18.1 Å². The van der Waals surface area contributed by atoms with Crippen LogP contribution in [-0.2, 0) is 19.3 Å². The predicted octanol–water partition coefficient (Wildman–Crippen LogP) is 3.65. The summed E-state index contributed by atoms with van der Waals surface area (Å²) in [6.45, 7) is 2.07. The van der Waals surface area contributed by atoms with Gasteiger partial charge < -0.3 is 9.32 Å². The number of amides is 1. The molecule has 0 saturated carbocycles. The molecule has 0 fully saturated rings. The van der Waals surface area contributed by atoms with E-state index in [9.17, 15) is 18.0 Å². The van der Waals surface area contributed by atoms with Gasteiger partial charge in [0.1, 0.15) is 12.0 Å². The predicted molar refractivity (Wildman–Crippen MR) is 91.3 cm³/mol. The van der Waals surface area contributed by atoms with Crippen molar-refractivity contribution in [3.8, 4) is 11.5 Å². The molecule has 0 saturated heterocycles. The van der Waals surface area contributed by atoms with Crippen LogP contribution >= 0.6 is 11.6 Å². The van der Waals surface area contributed by atoms with Crippen LogP contribution in [0.2, 0.25) is 5.02 Å². The first kappa shape index (κ1) is 18.5. The molecular formula is C17H13ClF3N5O2. The highest BCUT2D eigenvalue weighted by atomic mass is 35.5. The summed E-state index contributed by atoms with van der Waals surface area (Å²) in [5.41, 5.74) is -0.283. The zero-order chi connectivity index (χ0) is 20.1. The molecule has 3 aromatic rings. The number of benzene rings is 1. The number of carbonyl (C=O) groups is 1. The van der Waals surface area contributed by atoms with Crippen molar-refractivity contribution in [2.75, 3.05) is 0 Å². The van der Waals surface area contributed by atoms with Gasteiger partial charge in [0.25, 0.3) is 5.91 Å². The Morgan fingerprint density at radius 1 is 1.29 bits per heavy atom. The van der Waals surface area contributed by atoms with E-state index < -0.39 is 22.7 Å². The SMILES string of the molecule is CC1Cn2c(nnc2-c2cocn2)C(=O)N1Cc1cccc(C(F)(F)F)c1Cl. The van der Waals surface area contributed by atoms with E-state index in [-0.39, 0.29) is 24.0 Å². The molecule has 1 aromatic carbocycles. The zero-order valence-corrected chi connectivity index (χ0v) is 15.2. The molecule has 0 aliphatic carbocycles. The zero-order valence-electron chi connectivity index (χ0n) is 14.4. The highest BCUT2D eigenvalue weighted by molar-refractivity contribution is 6.32. The minimum absolute atomic E-state index is 0.0745. The van der Waals surface area contributed by atoms with Crippen LogP contribution in [-0.4, -0.2) is 36.6 Å². The second kappa shape index (κ2) is 6.62. The van der Waals surface area contributed by atoms with Crippen molar-refractivity contribution < 1.29 is 22.4 Å². The molecule has 3 heterocycles.